The van der Waals surface area contributed by atoms with Crippen LogP contribution >= 0.6 is 0 Å². The van der Waals surface area contributed by atoms with Gasteiger partial charge in [0.05, 0.1) is 27.2 Å². The molecule has 0 bridgehead atoms. The zero-order chi connectivity index (χ0) is 20.4. The number of quaternary nitrogens is 1. The molecule has 0 atom stereocenters. The highest BCUT2D eigenvalue weighted by Gasteiger charge is 2.14. The molecule has 4 heteroatoms. The molecular weight excluding hydrogens is 368 g/mol. The van der Waals surface area contributed by atoms with Crippen LogP contribution in [0.2, 0.25) is 0 Å². The fourth-order valence-electron chi connectivity index (χ4n) is 3.53. The van der Waals surface area contributed by atoms with Gasteiger partial charge >= 0.3 is 0 Å². The highest BCUT2D eigenvalue weighted by Crippen LogP contribution is 2.13. The number of rotatable bonds is 19. The van der Waals surface area contributed by atoms with E-state index in [1.165, 1.54) is 90.0 Å². The van der Waals surface area contributed by atoms with Crippen molar-refractivity contribution in [2.24, 2.45) is 0 Å². The van der Waals surface area contributed by atoms with Gasteiger partial charge in [-0.3, -0.25) is 4.79 Å². The summed E-state index contributed by atoms with van der Waals surface area (Å²) in [6.07, 6.45) is 19.4. The van der Waals surface area contributed by atoms with Crippen LogP contribution in [0.15, 0.2) is 12.2 Å². The minimum Gasteiger partial charge on any atom is -1.00 e. The molecule has 28 heavy (non-hydrogen) atoms. The second kappa shape index (κ2) is 19.8. The summed E-state index contributed by atoms with van der Waals surface area (Å²) in [4.78, 5) is 11.5. The molecule has 0 fully saturated rings. The van der Waals surface area contributed by atoms with Crippen LogP contribution in [-0.4, -0.2) is 44.1 Å². The summed E-state index contributed by atoms with van der Waals surface area (Å²) in [5.41, 5.74) is 0.593. The first-order valence-corrected chi connectivity index (χ1v) is 11.6. The lowest BCUT2D eigenvalue weighted by molar-refractivity contribution is -0.890. The molecule has 168 valence electrons. The summed E-state index contributed by atoms with van der Waals surface area (Å²) in [7, 11) is 4.61. The van der Waals surface area contributed by atoms with Gasteiger partial charge in [0.1, 0.15) is 0 Å². The zero-order valence-electron chi connectivity index (χ0n) is 19.5. The molecule has 0 aliphatic carbocycles. The number of nitrogens with zero attached hydrogens (tertiary/aromatic N) is 1. The molecule has 0 spiro atoms. The Kier molecular flexibility index (Phi) is 20.9. The van der Waals surface area contributed by atoms with Gasteiger partial charge < -0.3 is 22.2 Å². The summed E-state index contributed by atoms with van der Waals surface area (Å²) in [6.45, 7) is 10.8. The van der Waals surface area contributed by atoms with E-state index in [9.17, 15) is 4.79 Å². The minimum atomic E-state index is -0.0169. The third-order valence-electron chi connectivity index (χ3n) is 5.48. The van der Waals surface area contributed by atoms with Crippen molar-refractivity contribution in [2.75, 3.05) is 33.7 Å². The highest BCUT2D eigenvalue weighted by atomic mass is 35.5. The van der Waals surface area contributed by atoms with Crippen molar-refractivity contribution in [3.63, 3.8) is 0 Å². The van der Waals surface area contributed by atoms with Crippen LogP contribution in [0.1, 0.15) is 104 Å². The average molecular weight is 417 g/mol. The van der Waals surface area contributed by atoms with Crippen LogP contribution in [0.5, 0.6) is 0 Å². The smallest absolute Gasteiger partial charge is 0.246 e. The first-order chi connectivity index (χ1) is 12.9. The second-order valence-corrected chi connectivity index (χ2v) is 9.02. The summed E-state index contributed by atoms with van der Waals surface area (Å²) in [5, 5.41) is 2.92. The van der Waals surface area contributed by atoms with Gasteiger partial charge in [-0.15, -0.1) is 0 Å². The molecule has 0 heterocycles. The lowest BCUT2D eigenvalue weighted by Crippen LogP contribution is -3.00. The van der Waals surface area contributed by atoms with Gasteiger partial charge in [0.2, 0.25) is 5.91 Å². The van der Waals surface area contributed by atoms with E-state index in [-0.39, 0.29) is 18.3 Å². The van der Waals surface area contributed by atoms with Crippen molar-refractivity contribution in [2.45, 2.75) is 104 Å². The van der Waals surface area contributed by atoms with Gasteiger partial charge in [-0.05, 0) is 19.8 Å². The van der Waals surface area contributed by atoms with Gasteiger partial charge in [-0.25, -0.2) is 0 Å². The summed E-state index contributed by atoms with van der Waals surface area (Å²) in [6, 6.07) is 0. The normalized spacial score (nSPS) is 11.1. The van der Waals surface area contributed by atoms with Crippen LogP contribution in [0.4, 0.5) is 0 Å². The van der Waals surface area contributed by atoms with Crippen molar-refractivity contribution in [3.8, 4) is 0 Å². The molecular formula is C24H49ClN2O. The van der Waals surface area contributed by atoms with Gasteiger partial charge in [-0.2, -0.15) is 0 Å². The van der Waals surface area contributed by atoms with Crippen LogP contribution in [-0.2, 0) is 4.79 Å². The Morgan fingerprint density at radius 3 is 1.57 bits per heavy atom. The number of carbonyl (C=O) groups is 1. The van der Waals surface area contributed by atoms with Crippen LogP contribution in [0.25, 0.3) is 0 Å². The number of hydrogen-bond acceptors (Lipinski definition) is 1. The molecule has 0 rings (SSSR count). The van der Waals surface area contributed by atoms with E-state index in [0.29, 0.717) is 5.57 Å². The van der Waals surface area contributed by atoms with Crippen LogP contribution in [0.3, 0.4) is 0 Å². The maximum atomic E-state index is 11.5. The first-order valence-electron chi connectivity index (χ1n) is 11.6. The Bertz CT molecular complexity index is 383. The summed E-state index contributed by atoms with van der Waals surface area (Å²) in [5.74, 6) is -0.0169. The molecule has 1 amide bonds. The first kappa shape index (κ1) is 29.7. The Balaban J connectivity index is 0. The summed E-state index contributed by atoms with van der Waals surface area (Å²) < 4.78 is 1.06. The molecule has 0 aliphatic rings. The molecule has 0 aromatic rings. The van der Waals surface area contributed by atoms with Crippen LogP contribution < -0.4 is 17.7 Å². The molecule has 0 aromatic heterocycles. The number of amides is 1. The largest absolute Gasteiger partial charge is 1.00 e. The van der Waals surface area contributed by atoms with Crippen molar-refractivity contribution in [1.82, 2.24) is 5.32 Å². The minimum absolute atomic E-state index is 0. The van der Waals surface area contributed by atoms with Gasteiger partial charge in [0.15, 0.2) is 0 Å². The van der Waals surface area contributed by atoms with E-state index in [2.05, 4.69) is 32.9 Å². The van der Waals surface area contributed by atoms with Crippen molar-refractivity contribution < 1.29 is 21.7 Å². The maximum absolute atomic E-state index is 11.5. The summed E-state index contributed by atoms with van der Waals surface area (Å²) >= 11 is 0. The fourth-order valence-corrected chi connectivity index (χ4v) is 3.53. The Labute approximate surface area is 182 Å². The molecule has 0 saturated carbocycles. The Morgan fingerprint density at radius 1 is 0.750 bits per heavy atom. The topological polar surface area (TPSA) is 29.1 Å². The predicted molar refractivity (Wildman–Crippen MR) is 120 cm³/mol. The molecule has 0 radical (unpaired) electrons. The third-order valence-corrected chi connectivity index (χ3v) is 5.48. The fraction of sp³-hybridized carbons (Fsp3) is 0.875. The Morgan fingerprint density at radius 2 is 1.14 bits per heavy atom. The molecule has 0 saturated heterocycles. The van der Waals surface area contributed by atoms with E-state index in [1.54, 1.807) is 6.92 Å². The van der Waals surface area contributed by atoms with E-state index in [0.717, 1.165) is 24.0 Å². The van der Waals surface area contributed by atoms with Crippen molar-refractivity contribution in [1.29, 1.82) is 0 Å². The molecule has 0 aromatic carbocycles. The van der Waals surface area contributed by atoms with E-state index < -0.39 is 0 Å². The van der Waals surface area contributed by atoms with E-state index in [4.69, 9.17) is 0 Å². The number of halogens is 1. The molecule has 0 unspecified atom stereocenters. The zero-order valence-corrected chi connectivity index (χ0v) is 20.2. The SMILES string of the molecule is C=C(C)C(=O)NCCC[N+](C)(C)CCCCCCCCCCCCCCC.[Cl-]. The standard InChI is InChI=1S/C24H48N2O.ClH/c1-6-7-8-9-10-11-12-13-14-15-16-17-18-21-26(4,5)22-19-20-25-24(27)23(2)3;/h2,6-22H2,1,3-5H3;1H. The maximum Gasteiger partial charge on any atom is 0.246 e. The van der Waals surface area contributed by atoms with Crippen molar-refractivity contribution >= 4 is 5.91 Å². The lowest BCUT2D eigenvalue weighted by atomic mass is 10.0. The lowest BCUT2D eigenvalue weighted by Gasteiger charge is -2.30. The van der Waals surface area contributed by atoms with E-state index >= 15 is 0 Å². The predicted octanol–water partition coefficient (Wildman–Crippen LogP) is 3.24. The van der Waals surface area contributed by atoms with Gasteiger partial charge in [0.25, 0.3) is 0 Å². The highest BCUT2D eigenvalue weighted by molar-refractivity contribution is 5.91. The van der Waals surface area contributed by atoms with Gasteiger partial charge in [-0.1, -0.05) is 84.1 Å². The monoisotopic (exact) mass is 416 g/mol. The van der Waals surface area contributed by atoms with Crippen LogP contribution in [0, 0.1) is 0 Å². The average Bonchev–Trinajstić information content (AvgIpc) is 2.62. The number of carbonyl (C=O) groups excluding carboxylic acids is 1. The Hall–Kier alpha value is -0.540. The molecule has 0 aliphatic heterocycles. The number of nitrogens with one attached hydrogen (secondary N) is 1. The van der Waals surface area contributed by atoms with E-state index in [1.807, 2.05) is 0 Å². The number of hydrogen-bond donors (Lipinski definition) is 1. The third kappa shape index (κ3) is 20.2. The molecule has 1 N–H and O–H groups in total. The van der Waals surface area contributed by atoms with Gasteiger partial charge in [0, 0.05) is 18.5 Å². The number of unbranched alkanes of at least 4 members (excludes halogenated alkanes) is 12. The molecule has 3 nitrogen and oxygen atoms in total. The second-order valence-electron chi connectivity index (χ2n) is 9.02. The quantitative estimate of drug-likeness (QED) is 0.195. The van der Waals surface area contributed by atoms with Crippen molar-refractivity contribution in [3.05, 3.63) is 12.2 Å².